The zero-order valence-electron chi connectivity index (χ0n) is 11.7. The molecule has 0 aliphatic carbocycles. The molecule has 1 unspecified atom stereocenters. The van der Waals surface area contributed by atoms with Gasteiger partial charge in [0.15, 0.2) is 0 Å². The molecule has 2 rings (SSSR count). The summed E-state index contributed by atoms with van der Waals surface area (Å²) in [5.41, 5.74) is 3.71. The topological polar surface area (TPSA) is 24.9 Å². The molecule has 1 N–H and O–H groups in total. The van der Waals surface area contributed by atoms with E-state index < -0.39 is 0 Å². The summed E-state index contributed by atoms with van der Waals surface area (Å²) in [5.74, 6) is 0. The molecule has 2 nitrogen and oxygen atoms in total. The summed E-state index contributed by atoms with van der Waals surface area (Å²) in [6, 6.07) is 8.59. The summed E-state index contributed by atoms with van der Waals surface area (Å²) in [5, 5.41) is 3.62. The number of hydrogen-bond acceptors (Lipinski definition) is 2. The fourth-order valence-corrected chi connectivity index (χ4v) is 3.55. The van der Waals surface area contributed by atoms with E-state index in [1.807, 2.05) is 12.4 Å². The first-order chi connectivity index (χ1) is 9.61. The van der Waals surface area contributed by atoms with Gasteiger partial charge in [0.1, 0.15) is 0 Å². The standard InChI is InChI=1S/C16H18Br2N2/c1-3-5-20-16(15-10-19-6-4-11(15)2)12-7-13(17)9-14(18)8-12/h4,6-10,16,20H,3,5H2,1-2H3. The number of aryl methyl sites for hydroxylation is 1. The Labute approximate surface area is 137 Å². The van der Waals surface area contributed by atoms with Crippen molar-refractivity contribution in [2.75, 3.05) is 6.54 Å². The molecule has 106 valence electrons. The Hall–Kier alpha value is -0.710. The lowest BCUT2D eigenvalue weighted by atomic mass is 9.96. The third-order valence-corrected chi connectivity index (χ3v) is 4.12. The van der Waals surface area contributed by atoms with Gasteiger partial charge in [-0.05, 0) is 60.8 Å². The van der Waals surface area contributed by atoms with Gasteiger partial charge in [0.2, 0.25) is 0 Å². The largest absolute Gasteiger partial charge is 0.306 e. The van der Waals surface area contributed by atoms with Crippen molar-refractivity contribution in [1.82, 2.24) is 10.3 Å². The lowest BCUT2D eigenvalue weighted by Crippen LogP contribution is -2.24. The summed E-state index contributed by atoms with van der Waals surface area (Å²) < 4.78 is 2.15. The van der Waals surface area contributed by atoms with Gasteiger partial charge >= 0.3 is 0 Å². The van der Waals surface area contributed by atoms with Gasteiger partial charge in [-0.25, -0.2) is 0 Å². The third-order valence-electron chi connectivity index (χ3n) is 3.21. The number of halogens is 2. The number of rotatable bonds is 5. The van der Waals surface area contributed by atoms with E-state index in [0.717, 1.165) is 21.9 Å². The van der Waals surface area contributed by atoms with Gasteiger partial charge in [0.05, 0.1) is 6.04 Å². The predicted molar refractivity (Wildman–Crippen MR) is 91.0 cm³/mol. The number of nitrogens with zero attached hydrogens (tertiary/aromatic N) is 1. The van der Waals surface area contributed by atoms with Gasteiger partial charge in [-0.3, -0.25) is 4.98 Å². The highest BCUT2D eigenvalue weighted by atomic mass is 79.9. The highest BCUT2D eigenvalue weighted by Gasteiger charge is 2.16. The molecule has 1 heterocycles. The molecule has 4 heteroatoms. The fraction of sp³-hybridized carbons (Fsp3) is 0.312. The minimum Gasteiger partial charge on any atom is -0.306 e. The summed E-state index contributed by atoms with van der Waals surface area (Å²) in [6.45, 7) is 5.28. The second-order valence-electron chi connectivity index (χ2n) is 4.82. The maximum atomic E-state index is 4.28. The zero-order valence-corrected chi connectivity index (χ0v) is 14.8. The number of benzene rings is 1. The highest BCUT2D eigenvalue weighted by molar-refractivity contribution is 9.11. The summed E-state index contributed by atoms with van der Waals surface area (Å²) in [7, 11) is 0. The van der Waals surface area contributed by atoms with Crippen molar-refractivity contribution in [3.63, 3.8) is 0 Å². The molecule has 20 heavy (non-hydrogen) atoms. The summed E-state index contributed by atoms with van der Waals surface area (Å²) in [4.78, 5) is 4.28. The van der Waals surface area contributed by atoms with Gasteiger partial charge in [-0.15, -0.1) is 0 Å². The highest BCUT2D eigenvalue weighted by Crippen LogP contribution is 2.29. The molecule has 0 spiro atoms. The van der Waals surface area contributed by atoms with Crippen LogP contribution in [0, 0.1) is 6.92 Å². The molecular formula is C16H18Br2N2. The average molecular weight is 398 g/mol. The van der Waals surface area contributed by atoms with Crippen LogP contribution in [0.1, 0.15) is 36.1 Å². The first kappa shape index (κ1) is 15.7. The molecule has 0 amide bonds. The Bertz CT molecular complexity index is 564. The van der Waals surface area contributed by atoms with Crippen molar-refractivity contribution < 1.29 is 0 Å². The molecule has 0 bridgehead atoms. The normalized spacial score (nSPS) is 12.4. The average Bonchev–Trinajstić information content (AvgIpc) is 2.40. The Morgan fingerprint density at radius 3 is 2.50 bits per heavy atom. The van der Waals surface area contributed by atoms with Crippen molar-refractivity contribution in [2.45, 2.75) is 26.3 Å². The van der Waals surface area contributed by atoms with Crippen LogP contribution in [0.3, 0.4) is 0 Å². The Morgan fingerprint density at radius 2 is 1.90 bits per heavy atom. The summed E-state index contributed by atoms with van der Waals surface area (Å²) >= 11 is 7.13. The molecule has 0 radical (unpaired) electrons. The van der Waals surface area contributed by atoms with Crippen LogP contribution in [-0.4, -0.2) is 11.5 Å². The fourth-order valence-electron chi connectivity index (χ4n) is 2.22. The van der Waals surface area contributed by atoms with E-state index in [2.05, 4.69) is 80.3 Å². The first-order valence-electron chi connectivity index (χ1n) is 6.71. The summed E-state index contributed by atoms with van der Waals surface area (Å²) in [6.07, 6.45) is 4.90. The smallest absolute Gasteiger partial charge is 0.0595 e. The van der Waals surface area contributed by atoms with Gasteiger partial charge < -0.3 is 5.32 Å². The van der Waals surface area contributed by atoms with Crippen LogP contribution in [-0.2, 0) is 0 Å². The first-order valence-corrected chi connectivity index (χ1v) is 8.30. The van der Waals surface area contributed by atoms with Gasteiger partial charge in [-0.2, -0.15) is 0 Å². The lowest BCUT2D eigenvalue weighted by molar-refractivity contribution is 0.594. The van der Waals surface area contributed by atoms with Gasteiger partial charge in [0, 0.05) is 21.3 Å². The van der Waals surface area contributed by atoms with Crippen molar-refractivity contribution in [3.05, 3.63) is 62.3 Å². The van der Waals surface area contributed by atoms with Crippen LogP contribution >= 0.6 is 31.9 Å². The molecule has 1 aromatic carbocycles. The van der Waals surface area contributed by atoms with Gasteiger partial charge in [0.25, 0.3) is 0 Å². The van der Waals surface area contributed by atoms with Crippen molar-refractivity contribution in [2.24, 2.45) is 0 Å². The molecule has 2 aromatic rings. The predicted octanol–water partition coefficient (Wildman–Crippen LogP) is 5.00. The van der Waals surface area contributed by atoms with E-state index in [0.29, 0.717) is 0 Å². The minimum absolute atomic E-state index is 0.164. The third kappa shape index (κ3) is 3.90. The van der Waals surface area contributed by atoms with Crippen LogP contribution in [0.5, 0.6) is 0 Å². The zero-order chi connectivity index (χ0) is 14.5. The molecule has 1 aromatic heterocycles. The number of pyridine rings is 1. The molecule has 0 saturated heterocycles. The van der Waals surface area contributed by atoms with E-state index >= 15 is 0 Å². The second-order valence-corrected chi connectivity index (χ2v) is 6.65. The van der Waals surface area contributed by atoms with Crippen molar-refractivity contribution in [3.8, 4) is 0 Å². The lowest BCUT2D eigenvalue weighted by Gasteiger charge is -2.21. The van der Waals surface area contributed by atoms with Crippen molar-refractivity contribution in [1.29, 1.82) is 0 Å². The monoisotopic (exact) mass is 396 g/mol. The number of hydrogen-bond donors (Lipinski definition) is 1. The number of aromatic nitrogens is 1. The Kier molecular flexibility index (Phi) is 5.75. The van der Waals surface area contributed by atoms with E-state index in [1.165, 1.54) is 16.7 Å². The molecular weight excluding hydrogens is 380 g/mol. The van der Waals surface area contributed by atoms with Crippen molar-refractivity contribution >= 4 is 31.9 Å². The Morgan fingerprint density at radius 1 is 1.20 bits per heavy atom. The maximum absolute atomic E-state index is 4.28. The van der Waals surface area contributed by atoms with E-state index in [1.54, 1.807) is 0 Å². The van der Waals surface area contributed by atoms with Crippen LogP contribution < -0.4 is 5.32 Å². The quantitative estimate of drug-likeness (QED) is 0.767. The van der Waals surface area contributed by atoms with Crippen LogP contribution in [0.4, 0.5) is 0 Å². The minimum atomic E-state index is 0.164. The van der Waals surface area contributed by atoms with Gasteiger partial charge in [-0.1, -0.05) is 38.8 Å². The SMILES string of the molecule is CCCNC(c1cc(Br)cc(Br)c1)c1cnccc1C. The second kappa shape index (κ2) is 7.34. The van der Waals surface area contributed by atoms with E-state index in [-0.39, 0.29) is 6.04 Å². The molecule has 0 aliphatic heterocycles. The van der Waals surface area contributed by atoms with Crippen LogP contribution in [0.15, 0.2) is 45.6 Å². The molecule has 0 saturated carbocycles. The molecule has 0 fully saturated rings. The molecule has 0 aliphatic rings. The van der Waals surface area contributed by atoms with Crippen LogP contribution in [0.2, 0.25) is 0 Å². The molecule has 1 atom stereocenters. The van der Waals surface area contributed by atoms with Crippen LogP contribution in [0.25, 0.3) is 0 Å². The van der Waals surface area contributed by atoms with E-state index in [9.17, 15) is 0 Å². The number of nitrogens with one attached hydrogen (secondary N) is 1. The van der Waals surface area contributed by atoms with E-state index in [4.69, 9.17) is 0 Å². The Balaban J connectivity index is 2.44. The maximum Gasteiger partial charge on any atom is 0.0595 e.